The number of hydrogen-bond acceptors (Lipinski definition) is 10. The number of carboxylic acid groups (broad SMARTS) is 2. The molecule has 2 atom stereocenters. The standard InChI is InChI=1S/C66H58N2O12/c1-7-17-47(65(73)74)67-61(69)43-31-49(77-39-23-13-19-35(9-3)27-39)55-57-51(79-41-25-15-21-37(11-5)29-41)33-45-54-46(64(72)68(63(45)71)48(18-8-2)66(75)76)34-52(80-42-26-16-22-38(12-6)30-42)58(60(54)57)56-50(32-44(62(67)70)53(43)59(55)56)78-40-24-14-20-36(10-4)28-40/h13-16,19-34,47-48H,7-12,17-18H2,1-6H3,(H,73,74)(H,75,76). The Morgan fingerprint density at radius 3 is 0.838 bits per heavy atom. The molecule has 14 nitrogen and oxygen atoms in total. The van der Waals surface area contributed by atoms with Crippen LogP contribution in [0.3, 0.4) is 0 Å². The Balaban J connectivity index is 1.41. The Hall–Kier alpha value is -9.30. The fourth-order valence-corrected chi connectivity index (χ4v) is 11.5. The van der Waals surface area contributed by atoms with Crippen molar-refractivity contribution in [2.45, 2.75) is 105 Å². The molecule has 0 aromatic heterocycles. The van der Waals surface area contributed by atoms with Crippen LogP contribution in [0.15, 0.2) is 121 Å². The lowest BCUT2D eigenvalue weighted by atomic mass is 9.80. The third-order valence-corrected chi connectivity index (χ3v) is 15.4. The normalized spacial score (nSPS) is 13.9. The fraction of sp³-hybridized carbons (Fsp3) is 0.242. The van der Waals surface area contributed by atoms with E-state index in [0.717, 1.165) is 32.1 Å². The zero-order valence-electron chi connectivity index (χ0n) is 45.2. The molecule has 2 aliphatic rings. The molecule has 0 aliphatic carbocycles. The largest absolute Gasteiger partial charge is 0.480 e. The third kappa shape index (κ3) is 8.84. The summed E-state index contributed by atoms with van der Waals surface area (Å²) in [5, 5.41) is 23.5. The van der Waals surface area contributed by atoms with Crippen molar-refractivity contribution in [3.63, 3.8) is 0 Å². The van der Waals surface area contributed by atoms with E-state index in [1.807, 2.05) is 100 Å². The van der Waals surface area contributed by atoms with E-state index in [1.165, 1.54) is 24.3 Å². The number of carboxylic acids is 2. The summed E-state index contributed by atoms with van der Waals surface area (Å²) in [6, 6.07) is 32.8. The van der Waals surface area contributed by atoms with Crippen LogP contribution >= 0.6 is 0 Å². The summed E-state index contributed by atoms with van der Waals surface area (Å²) in [7, 11) is 0. The van der Waals surface area contributed by atoms with Crippen LogP contribution < -0.4 is 18.9 Å². The molecule has 0 saturated carbocycles. The molecule has 0 fully saturated rings. The highest BCUT2D eigenvalue weighted by atomic mass is 16.5. The van der Waals surface area contributed by atoms with Crippen molar-refractivity contribution in [2.24, 2.45) is 0 Å². The predicted molar refractivity (Wildman–Crippen MR) is 305 cm³/mol. The summed E-state index contributed by atoms with van der Waals surface area (Å²) in [5.74, 6) is -4.26. The minimum Gasteiger partial charge on any atom is -0.480 e. The zero-order chi connectivity index (χ0) is 56.3. The molecule has 11 rings (SSSR count). The Labute approximate surface area is 461 Å². The number of aryl methyl sites for hydroxylation is 4. The number of aliphatic carboxylic acids is 2. The molecular formula is C66H58N2O12. The Morgan fingerprint density at radius 2 is 0.625 bits per heavy atom. The molecule has 2 N–H and O–H groups in total. The van der Waals surface area contributed by atoms with Crippen molar-refractivity contribution < 1.29 is 57.9 Å². The van der Waals surface area contributed by atoms with Gasteiger partial charge in [-0.3, -0.25) is 29.0 Å². The average molecular weight is 1070 g/mol. The van der Waals surface area contributed by atoms with Gasteiger partial charge in [0.2, 0.25) is 0 Å². The number of carbonyl (C=O) groups excluding carboxylic acids is 4. The maximum absolute atomic E-state index is 15.5. The van der Waals surface area contributed by atoms with Crippen molar-refractivity contribution in [1.82, 2.24) is 9.80 Å². The van der Waals surface area contributed by atoms with E-state index in [2.05, 4.69) is 0 Å². The monoisotopic (exact) mass is 1070 g/mol. The number of nitrogens with zero attached hydrogens (tertiary/aromatic N) is 2. The molecule has 2 heterocycles. The SMILES string of the molecule is CCCC(C(=O)O)N1C(=O)c2cc(Oc3cccc(CC)c3)c3c4c(Oc5cccc(CC)c5)cc5c6c(cc(Oc7cccc(CC)c7)c(c7c(Oc8cccc(CC)c8)cc(c2c37)C1=O)c64)C(=O)N(C(CCC)C(=O)O)C5=O. The molecule has 0 radical (unpaired) electrons. The second-order valence-corrected chi connectivity index (χ2v) is 20.3. The van der Waals surface area contributed by atoms with Gasteiger partial charge in [0.15, 0.2) is 0 Å². The van der Waals surface area contributed by atoms with E-state index in [4.69, 9.17) is 18.9 Å². The van der Waals surface area contributed by atoms with Gasteiger partial charge in [0.1, 0.15) is 58.1 Å². The quantitative estimate of drug-likeness (QED) is 0.0418. The molecule has 0 bridgehead atoms. The van der Waals surface area contributed by atoms with Crippen LogP contribution in [-0.4, -0.2) is 67.7 Å². The van der Waals surface area contributed by atoms with Crippen LogP contribution in [0, 0.1) is 0 Å². The molecule has 0 spiro atoms. The van der Waals surface area contributed by atoms with Gasteiger partial charge in [-0.2, -0.15) is 0 Å². The molecule has 14 heteroatoms. The number of rotatable bonds is 20. The van der Waals surface area contributed by atoms with Crippen LogP contribution in [0.4, 0.5) is 0 Å². The lowest BCUT2D eigenvalue weighted by Crippen LogP contribution is -2.50. The van der Waals surface area contributed by atoms with Crippen molar-refractivity contribution in [3.05, 3.63) is 166 Å². The number of ether oxygens (including phenoxy) is 4. The number of fused-ring (bicyclic) bond motifs is 2. The Bertz CT molecular complexity index is 3580. The summed E-state index contributed by atoms with van der Waals surface area (Å²) in [6.07, 6.45) is 3.25. The number of carbonyl (C=O) groups is 6. The van der Waals surface area contributed by atoms with E-state index in [-0.39, 0.29) is 79.6 Å². The highest BCUT2D eigenvalue weighted by molar-refractivity contribution is 6.45. The van der Waals surface area contributed by atoms with Gasteiger partial charge in [-0.15, -0.1) is 0 Å². The topological polar surface area (TPSA) is 186 Å². The molecule has 0 saturated heterocycles. The van der Waals surface area contributed by atoms with E-state index >= 15 is 19.2 Å². The van der Waals surface area contributed by atoms with Gasteiger partial charge < -0.3 is 29.2 Å². The van der Waals surface area contributed by atoms with Gasteiger partial charge in [-0.1, -0.05) is 103 Å². The van der Waals surface area contributed by atoms with Gasteiger partial charge in [0.25, 0.3) is 23.6 Å². The molecule has 2 unspecified atom stereocenters. The minimum absolute atomic E-state index is 0.0231. The van der Waals surface area contributed by atoms with Crippen molar-refractivity contribution in [1.29, 1.82) is 0 Å². The molecular weight excluding hydrogens is 1010 g/mol. The Kier molecular flexibility index (Phi) is 13.9. The summed E-state index contributed by atoms with van der Waals surface area (Å²) < 4.78 is 28.3. The smallest absolute Gasteiger partial charge is 0.326 e. The van der Waals surface area contributed by atoms with Gasteiger partial charge in [0.05, 0.1) is 22.3 Å². The first-order valence-corrected chi connectivity index (χ1v) is 27.4. The second-order valence-electron chi connectivity index (χ2n) is 20.3. The molecule has 80 heavy (non-hydrogen) atoms. The van der Waals surface area contributed by atoms with Crippen molar-refractivity contribution in [2.75, 3.05) is 0 Å². The van der Waals surface area contributed by atoms with Gasteiger partial charge >= 0.3 is 11.9 Å². The summed E-state index contributed by atoms with van der Waals surface area (Å²) in [6.45, 7) is 11.6. The lowest BCUT2D eigenvalue weighted by Gasteiger charge is -2.35. The molecule has 4 amide bonds. The van der Waals surface area contributed by atoms with Gasteiger partial charge in [-0.25, -0.2) is 9.59 Å². The highest BCUT2D eigenvalue weighted by Gasteiger charge is 2.46. The molecule has 9 aromatic carbocycles. The highest BCUT2D eigenvalue weighted by Crippen LogP contribution is 2.58. The van der Waals surface area contributed by atoms with Crippen molar-refractivity contribution >= 4 is 78.7 Å². The van der Waals surface area contributed by atoms with Crippen LogP contribution in [0.1, 0.15) is 131 Å². The maximum Gasteiger partial charge on any atom is 0.326 e. The number of hydrogen-bond donors (Lipinski definition) is 2. The fourth-order valence-electron chi connectivity index (χ4n) is 11.5. The van der Waals surface area contributed by atoms with Crippen molar-refractivity contribution in [3.8, 4) is 46.0 Å². The van der Waals surface area contributed by atoms with Gasteiger partial charge in [-0.05, 0) is 134 Å². The summed E-state index contributed by atoms with van der Waals surface area (Å²) in [5.41, 5.74) is 3.65. The maximum atomic E-state index is 15.5. The first-order valence-electron chi connectivity index (χ1n) is 27.4. The third-order valence-electron chi connectivity index (χ3n) is 15.4. The molecule has 2 aliphatic heterocycles. The van der Waals surface area contributed by atoms with Crippen LogP contribution in [0.2, 0.25) is 0 Å². The number of imide groups is 2. The van der Waals surface area contributed by atoms with Gasteiger partial charge in [0, 0.05) is 43.1 Å². The van der Waals surface area contributed by atoms with E-state index in [1.54, 1.807) is 38.1 Å². The first-order chi connectivity index (χ1) is 38.7. The first kappa shape index (κ1) is 52.7. The van der Waals surface area contributed by atoms with Crippen LogP contribution in [-0.2, 0) is 35.3 Å². The summed E-state index contributed by atoms with van der Waals surface area (Å²) in [4.78, 5) is 89.8. The number of amides is 4. The zero-order valence-corrected chi connectivity index (χ0v) is 45.2. The average Bonchev–Trinajstić information content (AvgIpc) is 2.97. The molecule has 404 valence electrons. The van der Waals surface area contributed by atoms with Crippen LogP contribution in [0.5, 0.6) is 46.0 Å². The van der Waals surface area contributed by atoms with E-state index in [9.17, 15) is 19.8 Å². The van der Waals surface area contributed by atoms with E-state index in [0.29, 0.717) is 83.1 Å². The number of benzene rings is 9. The molecule has 9 aromatic rings. The second kappa shape index (κ2) is 21.2. The lowest BCUT2D eigenvalue weighted by molar-refractivity contribution is -0.142. The predicted octanol–water partition coefficient (Wildman–Crippen LogP) is 14.9. The minimum atomic E-state index is -1.53. The summed E-state index contributed by atoms with van der Waals surface area (Å²) >= 11 is 0. The van der Waals surface area contributed by atoms with Crippen LogP contribution in [0.25, 0.3) is 43.1 Å². The Morgan fingerprint density at radius 1 is 0.375 bits per heavy atom. The van der Waals surface area contributed by atoms with E-state index < -0.39 is 47.7 Å².